The number of esters is 4. The summed E-state index contributed by atoms with van der Waals surface area (Å²) in [4.78, 5) is 48.9. The molecular weight excluding hydrogens is 574 g/mol. The number of benzene rings is 3. The van der Waals surface area contributed by atoms with Gasteiger partial charge in [-0.25, -0.2) is 28.0 Å². The second-order valence-electron chi connectivity index (χ2n) is 9.62. The van der Waals surface area contributed by atoms with Crippen molar-refractivity contribution in [3.8, 4) is 34.8 Å². The van der Waals surface area contributed by atoms with Gasteiger partial charge in [0.2, 0.25) is 0 Å². The van der Waals surface area contributed by atoms with Gasteiger partial charge in [-0.1, -0.05) is 38.2 Å². The molecule has 3 aromatic rings. The van der Waals surface area contributed by atoms with Crippen LogP contribution in [0.5, 0.6) is 23.0 Å². The van der Waals surface area contributed by atoms with Crippen LogP contribution >= 0.6 is 0 Å². The van der Waals surface area contributed by atoms with Gasteiger partial charge in [0, 0.05) is 50.9 Å². The van der Waals surface area contributed by atoms with Gasteiger partial charge in [-0.2, -0.15) is 0 Å². The quantitative estimate of drug-likeness (QED) is 0.126. The Bertz CT molecular complexity index is 1870. The van der Waals surface area contributed by atoms with Crippen LogP contribution in [0.1, 0.15) is 38.8 Å². The summed E-state index contributed by atoms with van der Waals surface area (Å²) in [5, 5.41) is -0.701. The molecule has 3 aromatic carbocycles. The molecule has 0 unspecified atom stereocenters. The van der Waals surface area contributed by atoms with Gasteiger partial charge in [-0.15, -0.1) is 0 Å². The van der Waals surface area contributed by atoms with E-state index in [0.717, 1.165) is 0 Å². The Morgan fingerprint density at radius 3 is 1.55 bits per heavy atom. The average molecular weight is 601 g/mol. The van der Waals surface area contributed by atoms with E-state index in [9.17, 15) is 23.6 Å². The molecule has 0 atom stereocenters. The highest BCUT2D eigenvalue weighted by atomic mass is 19.2. The van der Waals surface area contributed by atoms with Crippen LogP contribution in [-0.4, -0.2) is 23.9 Å². The number of hydrogen-bond donors (Lipinski definition) is 0. The van der Waals surface area contributed by atoms with Crippen LogP contribution in [0.3, 0.4) is 0 Å². The lowest BCUT2D eigenvalue weighted by atomic mass is 10.0. The minimum absolute atomic E-state index is 0.00621. The monoisotopic (exact) mass is 600 g/mol. The molecule has 0 aromatic heterocycles. The summed E-state index contributed by atoms with van der Waals surface area (Å²) in [6.07, 6.45) is 0. The lowest BCUT2D eigenvalue weighted by Gasteiger charge is -2.14. The number of ether oxygens (including phenoxy) is 4. The molecule has 0 heterocycles. The molecule has 0 N–H and O–H groups in total. The largest absolute Gasteiger partial charge is 0.422 e. The van der Waals surface area contributed by atoms with Crippen molar-refractivity contribution in [3.63, 3.8) is 0 Å². The minimum atomic E-state index is -1.39. The van der Waals surface area contributed by atoms with Crippen LogP contribution in [0, 0.1) is 23.5 Å². The molecule has 10 heteroatoms. The molecule has 0 aliphatic heterocycles. The lowest BCUT2D eigenvalue weighted by molar-refractivity contribution is -0.132. The maximum Gasteiger partial charge on any atom is 0.338 e. The molecular formula is C34H26F2O8. The molecule has 0 aliphatic carbocycles. The van der Waals surface area contributed by atoms with Crippen molar-refractivity contribution in [1.29, 1.82) is 0 Å². The van der Waals surface area contributed by atoms with Gasteiger partial charge < -0.3 is 18.9 Å². The summed E-state index contributed by atoms with van der Waals surface area (Å²) in [5.74, 6) is -1.62. The zero-order valence-electron chi connectivity index (χ0n) is 24.3. The minimum Gasteiger partial charge on any atom is -0.422 e. The number of carbonyl (C=O) groups is 4. The number of halogens is 2. The normalized spacial score (nSPS) is 10.1. The maximum atomic E-state index is 15.3. The van der Waals surface area contributed by atoms with Gasteiger partial charge >= 0.3 is 23.9 Å². The number of fused-ring (bicyclic) bond motifs is 1. The topological polar surface area (TPSA) is 105 Å². The molecule has 0 fully saturated rings. The van der Waals surface area contributed by atoms with Gasteiger partial charge in [-0.3, -0.25) is 0 Å². The Morgan fingerprint density at radius 2 is 1.02 bits per heavy atom. The molecule has 8 nitrogen and oxygen atoms in total. The first kappa shape index (κ1) is 32.7. The van der Waals surface area contributed by atoms with Crippen molar-refractivity contribution in [2.45, 2.75) is 27.7 Å². The van der Waals surface area contributed by atoms with Crippen molar-refractivity contribution in [2.75, 3.05) is 0 Å². The first-order valence-electron chi connectivity index (χ1n) is 12.7. The van der Waals surface area contributed by atoms with Gasteiger partial charge in [0.25, 0.3) is 0 Å². The molecule has 0 spiro atoms. The SMILES string of the molecule is C=C(C)C(=O)Oc1ccc(C#Cc2ccc(OC(=O)C(=C)C)c3c(F)c(F)cc(OC(=O)C(=C)C)c23)cc1OC(=O)C(=C)C. The Morgan fingerprint density at radius 1 is 0.568 bits per heavy atom. The van der Waals surface area contributed by atoms with Crippen molar-refractivity contribution in [3.05, 3.63) is 108 Å². The smallest absolute Gasteiger partial charge is 0.338 e. The van der Waals surface area contributed by atoms with Crippen molar-refractivity contribution < 1.29 is 46.9 Å². The molecule has 0 aliphatic rings. The summed E-state index contributed by atoms with van der Waals surface area (Å²) in [6, 6.07) is 7.28. The van der Waals surface area contributed by atoms with Crippen LogP contribution in [0.2, 0.25) is 0 Å². The maximum absolute atomic E-state index is 15.3. The Labute approximate surface area is 251 Å². The summed E-state index contributed by atoms with van der Waals surface area (Å²) < 4.78 is 51.1. The first-order chi connectivity index (χ1) is 20.6. The lowest BCUT2D eigenvalue weighted by Crippen LogP contribution is -2.12. The van der Waals surface area contributed by atoms with E-state index in [1.54, 1.807) is 0 Å². The van der Waals surface area contributed by atoms with E-state index in [0.29, 0.717) is 6.07 Å². The van der Waals surface area contributed by atoms with E-state index in [1.165, 1.54) is 58.0 Å². The van der Waals surface area contributed by atoms with E-state index in [4.69, 9.17) is 18.9 Å². The number of rotatable bonds is 8. The zero-order chi connectivity index (χ0) is 32.9. The van der Waals surface area contributed by atoms with Crippen molar-refractivity contribution in [1.82, 2.24) is 0 Å². The fourth-order valence-electron chi connectivity index (χ4n) is 3.33. The molecule has 0 radical (unpaired) electrons. The van der Waals surface area contributed by atoms with E-state index in [2.05, 4.69) is 38.2 Å². The fraction of sp³-hybridized carbons (Fsp3) is 0.118. The third-order valence-corrected chi connectivity index (χ3v) is 5.59. The summed E-state index contributed by atoms with van der Waals surface area (Å²) >= 11 is 0. The Balaban J connectivity index is 2.26. The Hall–Kier alpha value is -5.82. The molecule has 0 saturated carbocycles. The van der Waals surface area contributed by atoms with Crippen LogP contribution in [0.25, 0.3) is 10.8 Å². The molecule has 0 saturated heterocycles. The standard InChI is InChI=1S/C34H26F2O8/c1-17(2)31(37)41-24-13-10-21(15-26(24)43-33(39)19(5)6)9-11-22-12-14-25(42-32(38)18(3)4)29-28(22)27(16-23(35)30(29)36)44-34(40)20(7)8/h10,12-16H,1,3,5,7H2,2,4,6,8H3. The predicted molar refractivity (Wildman–Crippen MR) is 158 cm³/mol. The van der Waals surface area contributed by atoms with E-state index < -0.39 is 46.6 Å². The molecule has 44 heavy (non-hydrogen) atoms. The van der Waals surface area contributed by atoms with Crippen LogP contribution < -0.4 is 18.9 Å². The molecule has 0 amide bonds. The predicted octanol–water partition coefficient (Wildman–Crippen LogP) is 6.44. The van der Waals surface area contributed by atoms with E-state index in [1.807, 2.05) is 0 Å². The second-order valence-corrected chi connectivity index (χ2v) is 9.62. The molecule has 3 rings (SSSR count). The van der Waals surface area contributed by atoms with E-state index in [-0.39, 0.29) is 56.1 Å². The van der Waals surface area contributed by atoms with Crippen LogP contribution in [0.15, 0.2) is 85.0 Å². The second kappa shape index (κ2) is 13.4. The highest BCUT2D eigenvalue weighted by molar-refractivity contribution is 6.02. The third-order valence-electron chi connectivity index (χ3n) is 5.59. The highest BCUT2D eigenvalue weighted by Gasteiger charge is 2.23. The van der Waals surface area contributed by atoms with Gasteiger partial charge in [0.15, 0.2) is 23.1 Å². The molecule has 224 valence electrons. The van der Waals surface area contributed by atoms with Crippen molar-refractivity contribution in [2.24, 2.45) is 0 Å². The fourth-order valence-corrected chi connectivity index (χ4v) is 3.33. The van der Waals surface area contributed by atoms with Crippen LogP contribution in [0.4, 0.5) is 8.78 Å². The Kier molecular flexibility index (Phi) is 9.98. The third kappa shape index (κ3) is 7.52. The van der Waals surface area contributed by atoms with Gasteiger partial charge in [0.1, 0.15) is 11.5 Å². The van der Waals surface area contributed by atoms with Crippen molar-refractivity contribution >= 4 is 34.6 Å². The summed E-state index contributed by atoms with van der Waals surface area (Å²) in [7, 11) is 0. The van der Waals surface area contributed by atoms with E-state index >= 15 is 4.39 Å². The zero-order valence-corrected chi connectivity index (χ0v) is 24.3. The van der Waals surface area contributed by atoms with Gasteiger partial charge in [0.05, 0.1) is 5.39 Å². The molecule has 0 bridgehead atoms. The number of hydrogen-bond acceptors (Lipinski definition) is 8. The summed E-state index contributed by atoms with van der Waals surface area (Å²) in [6.45, 7) is 19.6. The first-order valence-corrected chi connectivity index (χ1v) is 12.7. The van der Waals surface area contributed by atoms with Crippen LogP contribution in [-0.2, 0) is 19.2 Å². The van der Waals surface area contributed by atoms with Gasteiger partial charge in [-0.05, 0) is 52.0 Å². The number of carbonyl (C=O) groups excluding carboxylic acids is 4. The average Bonchev–Trinajstić information content (AvgIpc) is 2.95. The highest BCUT2D eigenvalue weighted by Crippen LogP contribution is 2.39. The summed E-state index contributed by atoms with van der Waals surface area (Å²) in [5.41, 5.74) is 0.416.